The van der Waals surface area contributed by atoms with Crippen molar-refractivity contribution in [3.63, 3.8) is 0 Å². The molecule has 0 fully saturated rings. The van der Waals surface area contributed by atoms with E-state index >= 15 is 0 Å². The minimum atomic E-state index is -8.63. The molecule has 1 unspecified atom stereocenters. The van der Waals surface area contributed by atoms with Gasteiger partial charge in [0, 0.05) is 0 Å². The van der Waals surface area contributed by atoms with Crippen LogP contribution >= 0.6 is 0 Å². The summed E-state index contributed by atoms with van der Waals surface area (Å²) in [6, 6.07) is 0. The standard InChI is InChI=1S/C13H6F22O6S2.C9H6F14O6S2/c1-2-3(40-42(36,37)12(32,33)6(16,17)4(14,8(20,21)22)9(23,24)25)41-43(38,39)13(34,35)7(18,19)5(15,10(26,27)28)11(29,30)31;1-3(29-31(26,27)5(11,8(18,19)20)9(21,22)23)2-28-30(24,25)4(10,6(12,13)14)7(15,16)17/h3H,2H2,1H3;3H,2H2,1H3. The molecule has 0 saturated carbocycles. The molecule has 0 bridgehead atoms. The van der Waals surface area contributed by atoms with Gasteiger partial charge in [-0.3, -0.25) is 8.37 Å². The van der Waals surface area contributed by atoms with Gasteiger partial charge in [0.05, 0.1) is 12.7 Å². The highest BCUT2D eigenvalue weighted by Gasteiger charge is 2.94. The zero-order valence-electron chi connectivity index (χ0n) is 32.7. The lowest BCUT2D eigenvalue weighted by molar-refractivity contribution is -0.417. The Morgan fingerprint density at radius 2 is 0.541 bits per heavy atom. The molecule has 12 nitrogen and oxygen atoms in total. The molecule has 0 saturated heterocycles. The highest BCUT2D eigenvalue weighted by molar-refractivity contribution is 7.89. The maximum Gasteiger partial charge on any atom is 0.449 e. The van der Waals surface area contributed by atoms with Crippen molar-refractivity contribution < 1.29 is 208 Å². The average molecular weight is 1280 g/mol. The van der Waals surface area contributed by atoms with Crippen LogP contribution in [-0.2, 0) is 57.2 Å². The Hall–Kier alpha value is -2.88. The minimum absolute atomic E-state index is 0.0575. The van der Waals surface area contributed by atoms with E-state index in [0.29, 0.717) is 0 Å². The topological polar surface area (TPSA) is 173 Å². The zero-order chi connectivity index (χ0) is 61.4. The summed E-state index contributed by atoms with van der Waals surface area (Å²) >= 11 is 0. The second-order valence-corrected chi connectivity index (χ2v) is 19.3. The monoisotopic (exact) mass is 1280 g/mol. The van der Waals surface area contributed by atoms with E-state index in [9.17, 15) is 192 Å². The molecule has 448 valence electrons. The molecule has 74 heavy (non-hydrogen) atoms. The van der Waals surface area contributed by atoms with Crippen molar-refractivity contribution in [3.05, 3.63) is 0 Å². The van der Waals surface area contributed by atoms with Crippen LogP contribution < -0.4 is 0 Å². The molecule has 0 heterocycles. The first-order valence-corrected chi connectivity index (χ1v) is 21.3. The molecule has 0 radical (unpaired) electrons. The molecule has 0 aliphatic heterocycles. The van der Waals surface area contributed by atoms with Crippen molar-refractivity contribution in [1.82, 2.24) is 0 Å². The summed E-state index contributed by atoms with van der Waals surface area (Å²) < 4.78 is 563. The fraction of sp³-hybridized carbons (Fsp3) is 1.00. The van der Waals surface area contributed by atoms with Gasteiger partial charge in [0.15, 0.2) is 6.29 Å². The molecule has 0 aliphatic carbocycles. The summed E-state index contributed by atoms with van der Waals surface area (Å²) in [6.45, 7) is -2.65. The lowest BCUT2D eigenvalue weighted by Gasteiger charge is -2.39. The first kappa shape index (κ1) is 73.2. The normalized spacial score (nSPS) is 16.8. The van der Waals surface area contributed by atoms with Gasteiger partial charge in [0.25, 0.3) is 0 Å². The third kappa shape index (κ3) is 11.9. The fourth-order valence-corrected chi connectivity index (χ4v) is 8.17. The van der Waals surface area contributed by atoms with Crippen LogP contribution in [0.25, 0.3) is 0 Å². The first-order valence-electron chi connectivity index (χ1n) is 15.7. The number of hydrogen-bond acceptors (Lipinski definition) is 12. The Morgan fingerprint density at radius 1 is 0.324 bits per heavy atom. The van der Waals surface area contributed by atoms with Gasteiger partial charge in [-0.05, 0) is 13.3 Å². The molecule has 0 aromatic rings. The lowest BCUT2D eigenvalue weighted by atomic mass is 9.96. The van der Waals surface area contributed by atoms with E-state index < -0.39 is 159 Å². The summed E-state index contributed by atoms with van der Waals surface area (Å²) in [4.78, 5) is 0. The van der Waals surface area contributed by atoms with Gasteiger partial charge in [-0.2, -0.15) is 174 Å². The maximum absolute atomic E-state index is 13.8. The van der Waals surface area contributed by atoms with Gasteiger partial charge in [-0.15, -0.1) is 0 Å². The Morgan fingerprint density at radius 3 is 0.730 bits per heavy atom. The Bertz CT molecular complexity index is 2250. The lowest BCUT2D eigenvalue weighted by Crippen LogP contribution is -2.72. The van der Waals surface area contributed by atoms with Gasteiger partial charge >= 0.3 is 134 Å². The minimum Gasteiger partial charge on any atom is -0.264 e. The van der Waals surface area contributed by atoms with Gasteiger partial charge < -0.3 is 0 Å². The van der Waals surface area contributed by atoms with Crippen LogP contribution in [0.5, 0.6) is 0 Å². The molecule has 0 rings (SSSR count). The van der Waals surface area contributed by atoms with Crippen molar-refractivity contribution in [1.29, 1.82) is 0 Å². The van der Waals surface area contributed by atoms with Gasteiger partial charge in [0.2, 0.25) is 0 Å². The van der Waals surface area contributed by atoms with E-state index in [2.05, 4.69) is 16.7 Å². The molecular weight excluding hydrogens is 1270 g/mol. The smallest absolute Gasteiger partial charge is 0.264 e. The zero-order valence-corrected chi connectivity index (χ0v) is 36.0. The molecule has 0 amide bonds. The van der Waals surface area contributed by atoms with E-state index in [1.165, 1.54) is 0 Å². The fourth-order valence-electron chi connectivity index (χ4n) is 3.77. The number of hydrogen-bond donors (Lipinski definition) is 0. The summed E-state index contributed by atoms with van der Waals surface area (Å²) in [5, 5.41) is -30.8. The van der Waals surface area contributed by atoms with Crippen molar-refractivity contribution >= 4 is 40.5 Å². The largest absolute Gasteiger partial charge is 0.449 e. The SMILES string of the molecule is CC(COS(=O)(=O)C(F)(C(F)(F)F)C(F)(F)F)OS(=O)(=O)C(F)(C(F)(F)F)C(F)(F)F.CCC(OS(=O)(=O)C(F)(F)C(F)(F)C(F)(C(F)(F)F)C(F)(F)F)OS(=O)(=O)C(F)(F)C(F)(F)C(F)(C(F)(F)F)C(F)(F)F. The first-order chi connectivity index (χ1) is 31.2. The average Bonchev–Trinajstić information content (AvgIpc) is 3.11. The van der Waals surface area contributed by atoms with Crippen molar-refractivity contribution in [2.75, 3.05) is 6.61 Å². The van der Waals surface area contributed by atoms with Crippen LogP contribution in [-0.4, -0.2) is 146 Å². The third-order valence-corrected chi connectivity index (χ3v) is 13.5. The molecular formula is C22H12F36O12S4. The van der Waals surface area contributed by atoms with Crippen LogP contribution in [0.2, 0.25) is 0 Å². The molecule has 0 N–H and O–H groups in total. The van der Waals surface area contributed by atoms with E-state index in [0.717, 1.165) is 0 Å². The second-order valence-electron chi connectivity index (χ2n) is 12.7. The Balaban J connectivity index is 0. The number of halogens is 36. The summed E-state index contributed by atoms with van der Waals surface area (Å²) in [7, 11) is -32.1. The molecule has 0 aliphatic rings. The van der Waals surface area contributed by atoms with Crippen LogP contribution in [0.4, 0.5) is 158 Å². The predicted molar refractivity (Wildman–Crippen MR) is 152 cm³/mol. The Labute approximate surface area is 381 Å². The van der Waals surface area contributed by atoms with E-state index in [-0.39, 0.29) is 13.8 Å². The third-order valence-electron chi connectivity index (χ3n) is 7.48. The van der Waals surface area contributed by atoms with Crippen LogP contribution in [0.1, 0.15) is 20.3 Å². The summed E-state index contributed by atoms with van der Waals surface area (Å²) in [5.41, 5.74) is -17.1. The molecule has 0 spiro atoms. The van der Waals surface area contributed by atoms with Crippen LogP contribution in [0, 0.1) is 0 Å². The van der Waals surface area contributed by atoms with E-state index in [4.69, 9.17) is 0 Å². The highest BCUT2D eigenvalue weighted by Crippen LogP contribution is 2.63. The van der Waals surface area contributed by atoms with E-state index in [1.807, 2.05) is 0 Å². The maximum atomic E-state index is 13.8. The van der Waals surface area contributed by atoms with E-state index in [1.54, 1.807) is 0 Å². The van der Waals surface area contributed by atoms with Gasteiger partial charge in [-0.25, -0.2) is 25.9 Å². The van der Waals surface area contributed by atoms with Crippen molar-refractivity contribution in [2.24, 2.45) is 0 Å². The summed E-state index contributed by atoms with van der Waals surface area (Å²) in [5.74, 6) is -17.3. The van der Waals surface area contributed by atoms with Gasteiger partial charge in [0.1, 0.15) is 0 Å². The van der Waals surface area contributed by atoms with Crippen molar-refractivity contribution in [2.45, 2.75) is 126 Å². The van der Waals surface area contributed by atoms with Gasteiger partial charge in [-0.1, -0.05) is 6.92 Å². The van der Waals surface area contributed by atoms with Crippen molar-refractivity contribution in [3.8, 4) is 0 Å². The second kappa shape index (κ2) is 20.1. The van der Waals surface area contributed by atoms with Crippen LogP contribution in [0.15, 0.2) is 0 Å². The molecule has 52 heteroatoms. The molecule has 0 aromatic carbocycles. The quantitative estimate of drug-likeness (QED) is 0.0723. The Kier molecular flexibility index (Phi) is 19.9. The predicted octanol–water partition coefficient (Wildman–Crippen LogP) is 10.2. The number of alkyl halides is 36. The summed E-state index contributed by atoms with van der Waals surface area (Å²) in [6.07, 6.45) is -71.6. The number of rotatable bonds is 18. The highest BCUT2D eigenvalue weighted by atomic mass is 32.2. The molecule has 1 atom stereocenters. The van der Waals surface area contributed by atoms with Crippen LogP contribution in [0.3, 0.4) is 0 Å². The molecule has 0 aromatic heterocycles.